The van der Waals surface area contributed by atoms with Crippen molar-refractivity contribution in [3.63, 3.8) is 0 Å². The van der Waals surface area contributed by atoms with Crippen LogP contribution >= 0.6 is 0 Å². The molecule has 1 aromatic carbocycles. The summed E-state index contributed by atoms with van der Waals surface area (Å²) in [6.45, 7) is 0. The normalized spacial score (nSPS) is 12.2. The third-order valence-electron chi connectivity index (χ3n) is 4.18. The van der Waals surface area contributed by atoms with Gasteiger partial charge in [0.25, 0.3) is 5.89 Å². The molecule has 0 atom stereocenters. The molecule has 164 valence electrons. The fourth-order valence-electron chi connectivity index (χ4n) is 2.68. The number of nitrogens with zero attached hydrogens (tertiary/aromatic N) is 5. The van der Waals surface area contributed by atoms with E-state index in [1.807, 2.05) is 0 Å². The Hall–Kier alpha value is -4.03. The molecular weight excluding hydrogens is 442 g/mol. The van der Waals surface area contributed by atoms with Crippen molar-refractivity contribution in [1.29, 1.82) is 0 Å². The second kappa shape index (κ2) is 7.59. The van der Waals surface area contributed by atoms with Crippen molar-refractivity contribution in [3.05, 3.63) is 59.9 Å². The van der Waals surface area contributed by atoms with E-state index in [-0.39, 0.29) is 22.9 Å². The predicted molar refractivity (Wildman–Crippen MR) is 98.4 cm³/mol. The van der Waals surface area contributed by atoms with E-state index in [4.69, 9.17) is 10.3 Å². The van der Waals surface area contributed by atoms with Crippen LogP contribution in [0.4, 0.5) is 32.2 Å². The summed E-state index contributed by atoms with van der Waals surface area (Å²) in [5.74, 6) is -0.801. The van der Waals surface area contributed by atoms with Crippen molar-refractivity contribution < 1.29 is 30.9 Å². The highest BCUT2D eigenvalue weighted by Crippen LogP contribution is 2.34. The van der Waals surface area contributed by atoms with Gasteiger partial charge in [0.05, 0.1) is 11.3 Å². The van der Waals surface area contributed by atoms with Crippen molar-refractivity contribution in [2.24, 2.45) is 0 Å². The summed E-state index contributed by atoms with van der Waals surface area (Å²) in [5.41, 5.74) is 3.43. The first-order valence-electron chi connectivity index (χ1n) is 8.70. The number of anilines is 1. The molecule has 4 aromatic rings. The number of alkyl halides is 6. The SMILES string of the molecule is Nc1cc(-c2noc(-c3nc(-c4ccc(C(F)(F)F)cc4)cc(C(F)(F)F)n3)n2)ccn1. The Morgan fingerprint density at radius 3 is 2.09 bits per heavy atom. The van der Waals surface area contributed by atoms with Crippen LogP contribution in [0.1, 0.15) is 11.3 Å². The second-order valence-electron chi connectivity index (χ2n) is 6.43. The Balaban J connectivity index is 1.78. The third kappa shape index (κ3) is 4.36. The van der Waals surface area contributed by atoms with Crippen LogP contribution in [0.3, 0.4) is 0 Å². The highest BCUT2D eigenvalue weighted by Gasteiger charge is 2.35. The third-order valence-corrected chi connectivity index (χ3v) is 4.18. The van der Waals surface area contributed by atoms with Gasteiger partial charge in [-0.1, -0.05) is 17.3 Å². The first-order chi connectivity index (χ1) is 15.0. The van der Waals surface area contributed by atoms with E-state index in [1.54, 1.807) is 0 Å². The molecule has 0 aliphatic rings. The molecule has 7 nitrogen and oxygen atoms in total. The van der Waals surface area contributed by atoms with Crippen molar-refractivity contribution in [1.82, 2.24) is 25.1 Å². The van der Waals surface area contributed by atoms with Crippen molar-refractivity contribution in [2.45, 2.75) is 12.4 Å². The predicted octanol–water partition coefficient (Wildman–Crippen LogP) is 4.88. The number of hydrogen-bond donors (Lipinski definition) is 1. The minimum Gasteiger partial charge on any atom is -0.384 e. The van der Waals surface area contributed by atoms with E-state index in [0.29, 0.717) is 11.6 Å². The Kier molecular flexibility index (Phi) is 5.03. The van der Waals surface area contributed by atoms with Crippen molar-refractivity contribution in [2.75, 3.05) is 5.73 Å². The second-order valence-corrected chi connectivity index (χ2v) is 6.43. The van der Waals surface area contributed by atoms with Gasteiger partial charge >= 0.3 is 12.4 Å². The highest BCUT2D eigenvalue weighted by molar-refractivity contribution is 5.64. The van der Waals surface area contributed by atoms with Crippen LogP contribution < -0.4 is 5.73 Å². The molecule has 0 saturated heterocycles. The molecule has 13 heteroatoms. The van der Waals surface area contributed by atoms with Gasteiger partial charge in [0.1, 0.15) is 11.5 Å². The summed E-state index contributed by atoms with van der Waals surface area (Å²) < 4.78 is 83.5. The molecule has 32 heavy (non-hydrogen) atoms. The maximum Gasteiger partial charge on any atom is 0.433 e. The molecule has 0 amide bonds. The summed E-state index contributed by atoms with van der Waals surface area (Å²) in [5, 5.41) is 3.68. The van der Waals surface area contributed by atoms with Crippen molar-refractivity contribution >= 4 is 5.82 Å². The fourth-order valence-corrected chi connectivity index (χ4v) is 2.68. The average molecular weight is 452 g/mol. The molecule has 2 N–H and O–H groups in total. The average Bonchev–Trinajstić information content (AvgIpc) is 3.23. The number of pyridine rings is 1. The zero-order valence-electron chi connectivity index (χ0n) is 15.6. The number of aromatic nitrogens is 5. The number of rotatable bonds is 3. The lowest BCUT2D eigenvalue weighted by Gasteiger charge is -2.10. The monoisotopic (exact) mass is 452 g/mol. The van der Waals surface area contributed by atoms with Gasteiger partial charge in [-0.05, 0) is 30.3 Å². The molecule has 0 fully saturated rings. The largest absolute Gasteiger partial charge is 0.433 e. The number of nitrogen functional groups attached to an aromatic ring is 1. The maximum absolute atomic E-state index is 13.4. The topological polar surface area (TPSA) is 104 Å². The molecule has 0 aliphatic heterocycles. The zero-order valence-corrected chi connectivity index (χ0v) is 15.6. The smallest absolute Gasteiger partial charge is 0.384 e. The van der Waals surface area contributed by atoms with Gasteiger partial charge in [0.2, 0.25) is 11.6 Å². The summed E-state index contributed by atoms with van der Waals surface area (Å²) in [6, 6.07) is 7.04. The summed E-state index contributed by atoms with van der Waals surface area (Å²) in [6.07, 6.45) is -8.08. The molecule has 0 aliphatic carbocycles. The minimum atomic E-state index is -4.86. The van der Waals surface area contributed by atoms with Gasteiger partial charge in [0, 0.05) is 17.3 Å². The quantitative estimate of drug-likeness (QED) is 0.442. The number of hydrogen-bond acceptors (Lipinski definition) is 7. The molecule has 0 unspecified atom stereocenters. The van der Waals surface area contributed by atoms with Gasteiger partial charge < -0.3 is 10.3 Å². The molecule has 0 saturated carbocycles. The van der Waals surface area contributed by atoms with E-state index in [0.717, 1.165) is 24.3 Å². The minimum absolute atomic E-state index is 0.00573. The molecule has 4 rings (SSSR count). The summed E-state index contributed by atoms with van der Waals surface area (Å²) in [7, 11) is 0. The molecule has 3 aromatic heterocycles. The van der Waals surface area contributed by atoms with Gasteiger partial charge in [-0.3, -0.25) is 0 Å². The molecule has 0 radical (unpaired) electrons. The fraction of sp³-hybridized carbons (Fsp3) is 0.105. The van der Waals surface area contributed by atoms with Gasteiger partial charge in [-0.15, -0.1) is 0 Å². The molecule has 0 spiro atoms. The molecule has 0 bridgehead atoms. The molecular formula is C19H10F6N6O. The summed E-state index contributed by atoms with van der Waals surface area (Å²) >= 11 is 0. The van der Waals surface area contributed by atoms with Crippen LogP contribution in [0.15, 0.2) is 53.2 Å². The van der Waals surface area contributed by atoms with Crippen LogP contribution in [0.2, 0.25) is 0 Å². The van der Waals surface area contributed by atoms with E-state index >= 15 is 0 Å². The van der Waals surface area contributed by atoms with E-state index in [9.17, 15) is 26.3 Å². The van der Waals surface area contributed by atoms with Crippen LogP contribution in [0.5, 0.6) is 0 Å². The Morgan fingerprint density at radius 2 is 1.47 bits per heavy atom. The van der Waals surface area contributed by atoms with E-state index in [2.05, 4.69) is 25.1 Å². The first kappa shape index (κ1) is 21.2. The number of halogens is 6. The lowest BCUT2D eigenvalue weighted by molar-refractivity contribution is -0.141. The Morgan fingerprint density at radius 1 is 0.750 bits per heavy atom. The standard InChI is InChI=1S/C19H10F6N6O/c20-18(21,22)11-3-1-9(2-4-11)12-8-13(19(23,24)25)29-16(28-12)17-30-15(31-32-17)10-5-6-27-14(26)7-10/h1-8H,(H2,26,27). The maximum atomic E-state index is 13.4. The van der Waals surface area contributed by atoms with Gasteiger partial charge in [-0.25, -0.2) is 15.0 Å². The van der Waals surface area contributed by atoms with E-state index in [1.165, 1.54) is 18.3 Å². The lowest BCUT2D eigenvalue weighted by Crippen LogP contribution is -2.10. The Bertz CT molecular complexity index is 1270. The van der Waals surface area contributed by atoms with Crippen molar-refractivity contribution in [3.8, 4) is 34.4 Å². The Labute approximate surface area is 175 Å². The summed E-state index contributed by atoms with van der Waals surface area (Å²) in [4.78, 5) is 15.2. The lowest BCUT2D eigenvalue weighted by atomic mass is 10.1. The van der Waals surface area contributed by atoms with E-state index < -0.39 is 35.3 Å². The van der Waals surface area contributed by atoms with Crippen LogP contribution in [0, 0.1) is 0 Å². The van der Waals surface area contributed by atoms with Crippen LogP contribution in [-0.2, 0) is 12.4 Å². The van der Waals surface area contributed by atoms with Gasteiger partial charge in [-0.2, -0.15) is 31.3 Å². The zero-order chi connectivity index (χ0) is 23.1. The van der Waals surface area contributed by atoms with Crippen LogP contribution in [0.25, 0.3) is 34.4 Å². The number of nitrogens with two attached hydrogens (primary N) is 1. The van der Waals surface area contributed by atoms with Gasteiger partial charge in [0.15, 0.2) is 0 Å². The highest BCUT2D eigenvalue weighted by atomic mass is 19.4. The first-order valence-corrected chi connectivity index (χ1v) is 8.70. The molecule has 3 heterocycles. The van der Waals surface area contributed by atoms with Crippen LogP contribution in [-0.4, -0.2) is 25.1 Å². The number of benzene rings is 1.